The summed E-state index contributed by atoms with van der Waals surface area (Å²) in [5.41, 5.74) is 0.0753. The number of hydrogen-bond acceptors (Lipinski definition) is 4. The molecule has 19 heavy (non-hydrogen) atoms. The molecule has 1 fully saturated rings. The third-order valence-corrected chi connectivity index (χ3v) is 2.84. The summed E-state index contributed by atoms with van der Waals surface area (Å²) in [6.45, 7) is 3.11. The summed E-state index contributed by atoms with van der Waals surface area (Å²) in [6.07, 6.45) is 1.26. The molecular weight excluding hydrogens is 251 g/mol. The number of ether oxygens (including phenoxy) is 3. The molecule has 1 aliphatic heterocycles. The Morgan fingerprint density at radius 2 is 2.16 bits per heavy atom. The zero-order valence-electron chi connectivity index (χ0n) is 10.9. The summed E-state index contributed by atoms with van der Waals surface area (Å²) < 4.78 is 29.7. The van der Waals surface area contributed by atoms with Gasteiger partial charge < -0.3 is 14.2 Å². The number of carbonyl (C=O) groups is 1. The Balaban J connectivity index is 1.82. The molecule has 0 bridgehead atoms. The van der Waals surface area contributed by atoms with Gasteiger partial charge in [0.25, 0.3) is 0 Å². The van der Waals surface area contributed by atoms with Crippen molar-refractivity contribution in [2.45, 2.75) is 26.1 Å². The third kappa shape index (κ3) is 4.01. The van der Waals surface area contributed by atoms with Crippen molar-refractivity contribution in [1.29, 1.82) is 0 Å². The van der Waals surface area contributed by atoms with E-state index in [4.69, 9.17) is 14.2 Å². The first kappa shape index (κ1) is 14.0. The van der Waals surface area contributed by atoms with Crippen molar-refractivity contribution < 1.29 is 23.4 Å². The molecule has 1 aromatic carbocycles. The molecule has 5 heteroatoms. The van der Waals surface area contributed by atoms with Crippen LogP contribution in [0.1, 0.15) is 30.1 Å². The second kappa shape index (κ2) is 6.63. The van der Waals surface area contributed by atoms with Crippen molar-refractivity contribution in [3.8, 4) is 5.75 Å². The van der Waals surface area contributed by atoms with E-state index in [0.717, 1.165) is 6.42 Å². The van der Waals surface area contributed by atoms with Gasteiger partial charge in [-0.1, -0.05) is 0 Å². The van der Waals surface area contributed by atoms with Crippen LogP contribution in [0.15, 0.2) is 18.2 Å². The molecule has 0 amide bonds. The first-order valence-corrected chi connectivity index (χ1v) is 6.33. The van der Waals surface area contributed by atoms with Gasteiger partial charge in [0.05, 0.1) is 25.4 Å². The van der Waals surface area contributed by atoms with Crippen LogP contribution in [0.4, 0.5) is 4.39 Å². The molecule has 0 saturated carbocycles. The Morgan fingerprint density at radius 3 is 2.79 bits per heavy atom. The smallest absolute Gasteiger partial charge is 0.162 e. The molecule has 4 nitrogen and oxygen atoms in total. The molecule has 0 aromatic heterocycles. The normalized spacial score (nSPS) is 16.3. The highest BCUT2D eigenvalue weighted by molar-refractivity contribution is 5.94. The lowest BCUT2D eigenvalue weighted by Crippen LogP contribution is -2.26. The number of ketones is 1. The van der Waals surface area contributed by atoms with Crippen LogP contribution in [0.5, 0.6) is 5.75 Å². The lowest BCUT2D eigenvalue weighted by molar-refractivity contribution is -0.183. The van der Waals surface area contributed by atoms with Gasteiger partial charge in [-0.25, -0.2) is 4.39 Å². The summed E-state index contributed by atoms with van der Waals surface area (Å²) in [5.74, 6) is -0.457. The highest BCUT2D eigenvalue weighted by atomic mass is 19.1. The van der Waals surface area contributed by atoms with E-state index in [0.29, 0.717) is 32.0 Å². The van der Waals surface area contributed by atoms with Crippen LogP contribution in [-0.4, -0.2) is 31.9 Å². The number of benzene rings is 1. The molecule has 0 unspecified atom stereocenters. The van der Waals surface area contributed by atoms with Gasteiger partial charge in [-0.3, -0.25) is 4.79 Å². The van der Waals surface area contributed by atoms with Gasteiger partial charge in [-0.2, -0.15) is 0 Å². The average Bonchev–Trinajstić information content (AvgIpc) is 2.39. The minimum atomic E-state index is -0.560. The quantitative estimate of drug-likeness (QED) is 0.770. The molecular formula is C14H17FO4. The molecule has 0 aliphatic carbocycles. The van der Waals surface area contributed by atoms with Crippen LogP contribution < -0.4 is 4.74 Å². The fraction of sp³-hybridized carbons (Fsp3) is 0.500. The van der Waals surface area contributed by atoms with Crippen LogP contribution in [0.3, 0.4) is 0 Å². The monoisotopic (exact) mass is 268 g/mol. The first-order chi connectivity index (χ1) is 9.16. The number of Topliss-reactive ketones (excluding diaryl/α,β-unsaturated/α-hetero) is 1. The van der Waals surface area contributed by atoms with Crippen LogP contribution in [0.2, 0.25) is 0 Å². The van der Waals surface area contributed by atoms with Crippen molar-refractivity contribution in [1.82, 2.24) is 0 Å². The molecule has 0 radical (unpaired) electrons. The van der Waals surface area contributed by atoms with E-state index in [1.54, 1.807) is 6.07 Å². The van der Waals surface area contributed by atoms with Gasteiger partial charge in [0.2, 0.25) is 0 Å². The Labute approximate surface area is 111 Å². The van der Waals surface area contributed by atoms with E-state index in [9.17, 15) is 9.18 Å². The van der Waals surface area contributed by atoms with E-state index in [2.05, 4.69) is 0 Å². The maximum absolute atomic E-state index is 13.5. The predicted molar refractivity (Wildman–Crippen MR) is 66.8 cm³/mol. The highest BCUT2D eigenvalue weighted by Crippen LogP contribution is 2.18. The van der Waals surface area contributed by atoms with Crippen LogP contribution in [0.25, 0.3) is 0 Å². The fourth-order valence-electron chi connectivity index (χ4n) is 1.85. The molecule has 104 valence electrons. The van der Waals surface area contributed by atoms with Gasteiger partial charge in [-0.05, 0) is 25.5 Å². The van der Waals surface area contributed by atoms with Gasteiger partial charge >= 0.3 is 0 Å². The number of halogens is 1. The molecule has 1 aromatic rings. The molecule has 1 heterocycles. The molecule has 0 N–H and O–H groups in total. The van der Waals surface area contributed by atoms with Gasteiger partial charge in [0.15, 0.2) is 12.1 Å². The zero-order chi connectivity index (χ0) is 13.7. The van der Waals surface area contributed by atoms with E-state index < -0.39 is 5.82 Å². The summed E-state index contributed by atoms with van der Waals surface area (Å²) in [5, 5.41) is 0. The molecule has 2 rings (SSSR count). The van der Waals surface area contributed by atoms with Crippen LogP contribution >= 0.6 is 0 Å². The van der Waals surface area contributed by atoms with Crippen molar-refractivity contribution in [3.63, 3.8) is 0 Å². The topological polar surface area (TPSA) is 44.8 Å². The Hall–Kier alpha value is -1.46. The summed E-state index contributed by atoms with van der Waals surface area (Å²) >= 11 is 0. The molecule has 0 spiro atoms. The van der Waals surface area contributed by atoms with Gasteiger partial charge in [-0.15, -0.1) is 0 Å². The zero-order valence-corrected chi connectivity index (χ0v) is 10.9. The van der Waals surface area contributed by atoms with Gasteiger partial charge in [0.1, 0.15) is 11.6 Å². The van der Waals surface area contributed by atoms with Gasteiger partial charge in [0, 0.05) is 12.5 Å². The second-order valence-corrected chi connectivity index (χ2v) is 4.36. The van der Waals surface area contributed by atoms with E-state index >= 15 is 0 Å². The SMILES string of the molecule is CC(=O)c1ccc(OCCC2OCCCO2)cc1F. The number of carbonyl (C=O) groups excluding carboxylic acids is 1. The lowest BCUT2D eigenvalue weighted by atomic mass is 10.1. The Morgan fingerprint density at radius 1 is 1.42 bits per heavy atom. The Kier molecular flexibility index (Phi) is 4.87. The maximum Gasteiger partial charge on any atom is 0.162 e. The number of hydrogen-bond donors (Lipinski definition) is 0. The minimum absolute atomic E-state index is 0.0753. The molecule has 1 aliphatic rings. The molecule has 1 saturated heterocycles. The van der Waals surface area contributed by atoms with E-state index in [1.165, 1.54) is 19.1 Å². The Bertz CT molecular complexity index is 441. The summed E-state index contributed by atoms with van der Waals surface area (Å²) in [4.78, 5) is 11.1. The molecule has 0 atom stereocenters. The van der Waals surface area contributed by atoms with Crippen molar-refractivity contribution in [2.75, 3.05) is 19.8 Å². The fourth-order valence-corrected chi connectivity index (χ4v) is 1.85. The number of rotatable bonds is 5. The minimum Gasteiger partial charge on any atom is -0.493 e. The van der Waals surface area contributed by atoms with Crippen LogP contribution in [0, 0.1) is 5.82 Å². The highest BCUT2D eigenvalue weighted by Gasteiger charge is 2.14. The predicted octanol–water partition coefficient (Wildman–Crippen LogP) is 2.56. The van der Waals surface area contributed by atoms with Crippen molar-refractivity contribution >= 4 is 5.78 Å². The second-order valence-electron chi connectivity index (χ2n) is 4.36. The van der Waals surface area contributed by atoms with E-state index in [1.807, 2.05) is 0 Å². The lowest BCUT2D eigenvalue weighted by Gasteiger charge is -2.23. The standard InChI is InChI=1S/C14H17FO4/c1-10(16)12-4-3-11(9-13(12)15)17-8-5-14-18-6-2-7-19-14/h3-4,9,14H,2,5-8H2,1H3. The summed E-state index contributed by atoms with van der Waals surface area (Å²) in [7, 11) is 0. The maximum atomic E-state index is 13.5. The van der Waals surface area contributed by atoms with Crippen LogP contribution in [-0.2, 0) is 9.47 Å². The largest absolute Gasteiger partial charge is 0.493 e. The third-order valence-electron chi connectivity index (χ3n) is 2.84. The average molecular weight is 268 g/mol. The van der Waals surface area contributed by atoms with E-state index in [-0.39, 0.29) is 17.6 Å². The van der Waals surface area contributed by atoms with Crippen molar-refractivity contribution in [2.24, 2.45) is 0 Å². The van der Waals surface area contributed by atoms with Crippen molar-refractivity contribution in [3.05, 3.63) is 29.6 Å². The first-order valence-electron chi connectivity index (χ1n) is 6.33. The summed E-state index contributed by atoms with van der Waals surface area (Å²) in [6, 6.07) is 4.24.